The van der Waals surface area contributed by atoms with Gasteiger partial charge in [-0.15, -0.1) is 0 Å². The Balaban J connectivity index is 2.36. The minimum Gasteiger partial charge on any atom is -0.491 e. The lowest BCUT2D eigenvalue weighted by Gasteiger charge is -2.08. The second-order valence-corrected chi connectivity index (χ2v) is 4.73. The monoisotopic (exact) mass is 319 g/mol. The third-order valence-electron chi connectivity index (χ3n) is 2.08. The summed E-state index contributed by atoms with van der Waals surface area (Å²) in [5, 5.41) is 3.31. The van der Waals surface area contributed by atoms with E-state index in [0.29, 0.717) is 30.3 Å². The van der Waals surface area contributed by atoms with Gasteiger partial charge in [0.1, 0.15) is 5.75 Å². The summed E-state index contributed by atoms with van der Waals surface area (Å²) in [7, 11) is 0. The number of nitrogens with one attached hydrogen (secondary N) is 1. The van der Waals surface area contributed by atoms with Gasteiger partial charge in [0.2, 0.25) is 5.91 Å². The van der Waals surface area contributed by atoms with Crippen molar-refractivity contribution in [3.8, 4) is 5.75 Å². The van der Waals surface area contributed by atoms with E-state index in [-0.39, 0.29) is 5.91 Å². The number of ether oxygens (including phenoxy) is 1. The van der Waals surface area contributed by atoms with Crippen LogP contribution in [0, 0.1) is 0 Å². The fraction of sp³-hybridized carbons (Fsp3) is 0.417. The van der Waals surface area contributed by atoms with Crippen LogP contribution in [0.2, 0.25) is 5.02 Å². The van der Waals surface area contributed by atoms with Gasteiger partial charge >= 0.3 is 0 Å². The number of halogens is 2. The molecule has 0 aliphatic rings. The van der Waals surface area contributed by atoms with Crippen LogP contribution in [0.5, 0.6) is 5.75 Å². The van der Waals surface area contributed by atoms with Gasteiger partial charge in [0.15, 0.2) is 0 Å². The molecule has 1 rings (SSSR count). The highest BCUT2D eigenvalue weighted by Gasteiger charge is 2.06. The highest BCUT2D eigenvalue weighted by molar-refractivity contribution is 9.10. The molecule has 0 aliphatic carbocycles. The van der Waals surface area contributed by atoms with Crippen molar-refractivity contribution in [2.24, 2.45) is 0 Å². The second-order valence-electron chi connectivity index (χ2n) is 3.50. The van der Waals surface area contributed by atoms with E-state index in [2.05, 4.69) is 21.2 Å². The van der Waals surface area contributed by atoms with Crippen molar-refractivity contribution in [2.75, 3.05) is 13.2 Å². The minimum atomic E-state index is -0.00188. The Morgan fingerprint density at radius 3 is 3.00 bits per heavy atom. The molecular weight excluding hydrogens is 305 g/mol. The maximum atomic E-state index is 11.3. The Bertz CT molecular complexity index is 385. The first-order valence-electron chi connectivity index (χ1n) is 5.48. The number of hydrogen-bond acceptors (Lipinski definition) is 2. The molecule has 17 heavy (non-hydrogen) atoms. The van der Waals surface area contributed by atoms with Gasteiger partial charge in [-0.2, -0.15) is 0 Å². The van der Waals surface area contributed by atoms with Crippen molar-refractivity contribution in [2.45, 2.75) is 19.8 Å². The molecule has 0 spiro atoms. The zero-order chi connectivity index (χ0) is 12.7. The predicted molar refractivity (Wildman–Crippen MR) is 72.6 cm³/mol. The largest absolute Gasteiger partial charge is 0.491 e. The topological polar surface area (TPSA) is 38.3 Å². The molecule has 1 amide bonds. The lowest BCUT2D eigenvalue weighted by Crippen LogP contribution is -2.25. The number of rotatable bonds is 6. The summed E-state index contributed by atoms with van der Waals surface area (Å²) < 4.78 is 6.23. The predicted octanol–water partition coefficient (Wildman–Crippen LogP) is 3.40. The molecule has 94 valence electrons. The van der Waals surface area contributed by atoms with E-state index in [9.17, 15) is 4.79 Å². The third-order valence-corrected chi connectivity index (χ3v) is 3.35. The number of carbonyl (C=O) groups is 1. The van der Waals surface area contributed by atoms with Crippen molar-refractivity contribution < 1.29 is 9.53 Å². The summed E-state index contributed by atoms with van der Waals surface area (Å²) in [6.45, 7) is 3.04. The first kappa shape index (κ1) is 14.3. The zero-order valence-electron chi connectivity index (χ0n) is 9.63. The quantitative estimate of drug-likeness (QED) is 0.872. The zero-order valence-corrected chi connectivity index (χ0v) is 12.0. The minimum absolute atomic E-state index is 0.00188. The highest BCUT2D eigenvalue weighted by atomic mass is 79.9. The Labute approximate surface area is 115 Å². The van der Waals surface area contributed by atoms with Crippen molar-refractivity contribution in [1.29, 1.82) is 0 Å². The summed E-state index contributed by atoms with van der Waals surface area (Å²) in [5.74, 6) is 0.585. The molecule has 1 aromatic carbocycles. The summed E-state index contributed by atoms with van der Waals surface area (Å²) in [4.78, 5) is 11.3. The van der Waals surface area contributed by atoms with Gasteiger partial charge in [-0.1, -0.05) is 24.6 Å². The van der Waals surface area contributed by atoms with Gasteiger partial charge in [-0.3, -0.25) is 4.79 Å². The Morgan fingerprint density at radius 1 is 1.53 bits per heavy atom. The third kappa shape index (κ3) is 4.96. The number of carbonyl (C=O) groups excluding carboxylic acids is 1. The van der Waals surface area contributed by atoms with Crippen molar-refractivity contribution in [3.05, 3.63) is 27.7 Å². The Morgan fingerprint density at radius 2 is 2.29 bits per heavy atom. The summed E-state index contributed by atoms with van der Waals surface area (Å²) >= 11 is 9.33. The lowest BCUT2D eigenvalue weighted by atomic mass is 10.3. The average Bonchev–Trinajstić information content (AvgIpc) is 2.32. The molecule has 1 N–H and O–H groups in total. The molecule has 5 heteroatoms. The molecule has 0 saturated heterocycles. The number of hydrogen-bond donors (Lipinski definition) is 1. The first-order valence-corrected chi connectivity index (χ1v) is 6.65. The van der Waals surface area contributed by atoms with E-state index in [0.717, 1.165) is 10.9 Å². The van der Waals surface area contributed by atoms with E-state index < -0.39 is 0 Å². The highest BCUT2D eigenvalue weighted by Crippen LogP contribution is 2.31. The van der Waals surface area contributed by atoms with Gasteiger partial charge in [0.05, 0.1) is 18.1 Å². The normalized spacial score (nSPS) is 10.1. The number of benzene rings is 1. The molecule has 0 aliphatic heterocycles. The molecule has 0 saturated carbocycles. The molecule has 0 fully saturated rings. The van der Waals surface area contributed by atoms with Crippen LogP contribution in [0.25, 0.3) is 0 Å². The van der Waals surface area contributed by atoms with E-state index in [1.165, 1.54) is 0 Å². The van der Waals surface area contributed by atoms with Crippen LogP contribution in [0.3, 0.4) is 0 Å². The molecular formula is C12H15BrClNO2. The lowest BCUT2D eigenvalue weighted by molar-refractivity contribution is -0.121. The fourth-order valence-electron chi connectivity index (χ4n) is 1.20. The molecule has 0 atom stereocenters. The van der Waals surface area contributed by atoms with Gasteiger partial charge in [-0.25, -0.2) is 0 Å². The van der Waals surface area contributed by atoms with Crippen molar-refractivity contribution >= 4 is 33.4 Å². The molecule has 0 bridgehead atoms. The number of amides is 1. The molecule has 0 heterocycles. The van der Waals surface area contributed by atoms with Crippen LogP contribution in [0.4, 0.5) is 0 Å². The Hall–Kier alpha value is -0.740. The SMILES string of the molecule is CCCNC(=O)CCOc1cccc(Br)c1Cl. The molecule has 0 radical (unpaired) electrons. The van der Waals surface area contributed by atoms with Crippen LogP contribution in [-0.4, -0.2) is 19.1 Å². The average molecular weight is 321 g/mol. The van der Waals surface area contributed by atoms with E-state index >= 15 is 0 Å². The summed E-state index contributed by atoms with van der Waals surface area (Å²) in [6.07, 6.45) is 1.27. The van der Waals surface area contributed by atoms with Gasteiger partial charge < -0.3 is 10.1 Å². The molecule has 0 unspecified atom stereocenters. The fourth-order valence-corrected chi connectivity index (χ4v) is 1.73. The van der Waals surface area contributed by atoms with Gasteiger partial charge in [0, 0.05) is 11.0 Å². The molecule has 1 aromatic rings. The molecule has 3 nitrogen and oxygen atoms in total. The van der Waals surface area contributed by atoms with E-state index in [1.807, 2.05) is 19.1 Å². The molecule has 0 aromatic heterocycles. The van der Waals surface area contributed by atoms with Crippen LogP contribution in [0.15, 0.2) is 22.7 Å². The maximum Gasteiger partial charge on any atom is 0.223 e. The van der Waals surface area contributed by atoms with E-state index in [1.54, 1.807) is 6.07 Å². The standard InChI is InChI=1S/C12H15BrClNO2/c1-2-7-15-11(16)6-8-17-10-5-3-4-9(13)12(10)14/h3-5H,2,6-8H2,1H3,(H,15,16). The van der Waals surface area contributed by atoms with Crippen LogP contribution in [0.1, 0.15) is 19.8 Å². The smallest absolute Gasteiger partial charge is 0.223 e. The summed E-state index contributed by atoms with van der Waals surface area (Å²) in [6, 6.07) is 5.45. The van der Waals surface area contributed by atoms with Crippen LogP contribution in [-0.2, 0) is 4.79 Å². The Kier molecular flexibility index (Phi) is 6.37. The summed E-state index contributed by atoms with van der Waals surface area (Å²) in [5.41, 5.74) is 0. The van der Waals surface area contributed by atoms with Gasteiger partial charge in [0.25, 0.3) is 0 Å². The second kappa shape index (κ2) is 7.56. The van der Waals surface area contributed by atoms with Gasteiger partial charge in [-0.05, 0) is 34.5 Å². The van der Waals surface area contributed by atoms with Crippen LogP contribution >= 0.6 is 27.5 Å². The first-order chi connectivity index (χ1) is 8.15. The van der Waals surface area contributed by atoms with E-state index in [4.69, 9.17) is 16.3 Å². The van der Waals surface area contributed by atoms with Crippen molar-refractivity contribution in [1.82, 2.24) is 5.32 Å². The van der Waals surface area contributed by atoms with Crippen LogP contribution < -0.4 is 10.1 Å². The maximum absolute atomic E-state index is 11.3. The van der Waals surface area contributed by atoms with Crippen molar-refractivity contribution in [3.63, 3.8) is 0 Å².